The summed E-state index contributed by atoms with van der Waals surface area (Å²) in [4.78, 5) is 54.7. The minimum absolute atomic E-state index is 0.0533. The number of hydrogen-bond acceptors (Lipinski definition) is 9. The summed E-state index contributed by atoms with van der Waals surface area (Å²) in [6.07, 6.45) is 3.39. The Morgan fingerprint density at radius 1 is 1.11 bits per heavy atom. The van der Waals surface area contributed by atoms with Crippen molar-refractivity contribution in [3.05, 3.63) is 35.6 Å². The maximum absolute atomic E-state index is 12.5. The van der Waals surface area contributed by atoms with Gasteiger partial charge in [-0.3, -0.25) is 14.4 Å². The highest BCUT2D eigenvalue weighted by Crippen LogP contribution is 2.26. The van der Waals surface area contributed by atoms with Gasteiger partial charge in [0.05, 0.1) is 12.8 Å². The molecular weight excluding hydrogens is 474 g/mol. The van der Waals surface area contributed by atoms with Crippen LogP contribution in [0.4, 0.5) is 5.13 Å². The summed E-state index contributed by atoms with van der Waals surface area (Å²) in [5.74, 6) is -1.59. The van der Waals surface area contributed by atoms with Crippen LogP contribution in [-0.4, -0.2) is 68.6 Å². The maximum Gasteiger partial charge on any atom is 0.353 e. The van der Waals surface area contributed by atoms with Crippen LogP contribution in [0.2, 0.25) is 0 Å². The fraction of sp³-hybridized carbons (Fsp3) is 0.522. The number of nitrogens with zero attached hydrogens (tertiary/aromatic N) is 2. The van der Waals surface area contributed by atoms with Crippen molar-refractivity contribution < 1.29 is 28.7 Å². The van der Waals surface area contributed by atoms with E-state index in [9.17, 15) is 19.2 Å². The lowest BCUT2D eigenvalue weighted by molar-refractivity contribution is -0.137. The van der Waals surface area contributed by atoms with Gasteiger partial charge in [0.1, 0.15) is 11.4 Å². The lowest BCUT2D eigenvalue weighted by Crippen LogP contribution is -2.41. The molecule has 3 N–H and O–H groups in total. The number of methoxy groups -OCH3 is 1. The van der Waals surface area contributed by atoms with E-state index in [-0.39, 0.29) is 28.9 Å². The number of piperidine rings is 1. The van der Waals surface area contributed by atoms with Crippen molar-refractivity contribution in [2.45, 2.75) is 25.7 Å². The summed E-state index contributed by atoms with van der Waals surface area (Å²) in [7, 11) is 1.16. The van der Waals surface area contributed by atoms with Gasteiger partial charge in [0.25, 0.3) is 11.8 Å². The number of amides is 3. The van der Waals surface area contributed by atoms with Crippen LogP contribution in [0.15, 0.2) is 29.9 Å². The molecule has 12 heteroatoms. The predicted molar refractivity (Wildman–Crippen MR) is 130 cm³/mol. The molecule has 3 amide bonds. The Labute approximate surface area is 207 Å². The molecule has 0 atom stereocenters. The first-order valence-electron chi connectivity index (χ1n) is 11.4. The van der Waals surface area contributed by atoms with Gasteiger partial charge in [-0.2, -0.15) is 0 Å². The molecule has 0 spiro atoms. The van der Waals surface area contributed by atoms with Crippen LogP contribution >= 0.6 is 11.3 Å². The molecule has 2 aliphatic heterocycles. The van der Waals surface area contributed by atoms with Crippen LogP contribution in [0.5, 0.6) is 0 Å². The summed E-state index contributed by atoms with van der Waals surface area (Å²) in [5, 5.41) is 10.0. The number of hydrogen-bond donors (Lipinski definition) is 3. The molecule has 3 rings (SSSR count). The number of aromatic nitrogens is 1. The van der Waals surface area contributed by atoms with Gasteiger partial charge in [0.2, 0.25) is 5.91 Å². The van der Waals surface area contributed by atoms with Crippen molar-refractivity contribution in [2.75, 3.05) is 44.9 Å². The zero-order chi connectivity index (χ0) is 25.4. The Morgan fingerprint density at radius 3 is 2.46 bits per heavy atom. The number of nitrogens with one attached hydrogen (secondary N) is 3. The summed E-state index contributed by atoms with van der Waals surface area (Å²) in [6.45, 7) is 10.4. The summed E-state index contributed by atoms with van der Waals surface area (Å²) >= 11 is 1.34. The van der Waals surface area contributed by atoms with Crippen molar-refractivity contribution in [3.8, 4) is 0 Å². The van der Waals surface area contributed by atoms with Gasteiger partial charge < -0.3 is 30.3 Å². The van der Waals surface area contributed by atoms with Gasteiger partial charge in [-0.05, 0) is 31.6 Å². The topological polar surface area (TPSA) is 139 Å². The van der Waals surface area contributed by atoms with Crippen LogP contribution in [-0.2, 0) is 23.9 Å². The van der Waals surface area contributed by atoms with Gasteiger partial charge in [-0.1, -0.05) is 13.2 Å². The van der Waals surface area contributed by atoms with Crippen molar-refractivity contribution in [3.63, 3.8) is 0 Å². The third-order valence-electron chi connectivity index (χ3n) is 6.00. The van der Waals surface area contributed by atoms with Crippen molar-refractivity contribution in [1.29, 1.82) is 0 Å². The van der Waals surface area contributed by atoms with Crippen LogP contribution < -0.4 is 20.9 Å². The van der Waals surface area contributed by atoms with Gasteiger partial charge >= 0.3 is 5.97 Å². The number of carbonyl (C=O) groups is 4. The Balaban J connectivity index is 1.42. The Hall–Kier alpha value is -3.25. The molecule has 3 heterocycles. The van der Waals surface area contributed by atoms with Gasteiger partial charge in [0, 0.05) is 44.1 Å². The fourth-order valence-electron chi connectivity index (χ4n) is 3.84. The predicted octanol–water partition coefficient (Wildman–Crippen LogP) is 0.949. The first-order chi connectivity index (χ1) is 16.8. The average Bonchev–Trinajstić information content (AvgIpc) is 3.38. The van der Waals surface area contributed by atoms with Crippen LogP contribution in [0.25, 0.3) is 0 Å². The SMILES string of the molecule is C=C(NC(=O)c1csc(N2CCC(CNC(=O)C3CCOCC3)CC2)n1)C(=O)NC(=C)C(=O)OC. The van der Waals surface area contributed by atoms with E-state index in [4.69, 9.17) is 4.74 Å². The first kappa shape index (κ1) is 26.4. The fourth-order valence-corrected chi connectivity index (χ4v) is 4.70. The minimum Gasteiger partial charge on any atom is -0.464 e. The van der Waals surface area contributed by atoms with E-state index < -0.39 is 17.8 Å². The van der Waals surface area contributed by atoms with Crippen LogP contribution in [0.3, 0.4) is 0 Å². The molecule has 11 nitrogen and oxygen atoms in total. The van der Waals surface area contributed by atoms with Gasteiger partial charge in [0.15, 0.2) is 5.13 Å². The number of rotatable bonds is 9. The molecule has 0 aromatic carbocycles. The number of carbonyl (C=O) groups excluding carboxylic acids is 4. The Bertz CT molecular complexity index is 979. The third-order valence-corrected chi connectivity index (χ3v) is 6.90. The van der Waals surface area contributed by atoms with E-state index in [2.05, 4.69) is 43.7 Å². The lowest BCUT2D eigenvalue weighted by Gasteiger charge is -2.32. The number of ether oxygens (including phenoxy) is 2. The first-order valence-corrected chi connectivity index (χ1v) is 12.3. The Kier molecular flexibility index (Phi) is 9.38. The van der Waals surface area contributed by atoms with E-state index >= 15 is 0 Å². The second-order valence-corrected chi connectivity index (χ2v) is 9.27. The Morgan fingerprint density at radius 2 is 1.80 bits per heavy atom. The maximum atomic E-state index is 12.5. The highest BCUT2D eigenvalue weighted by Gasteiger charge is 2.25. The number of esters is 1. The second kappa shape index (κ2) is 12.5. The summed E-state index contributed by atoms with van der Waals surface area (Å²) in [6, 6.07) is 0. The largest absolute Gasteiger partial charge is 0.464 e. The number of anilines is 1. The lowest BCUT2D eigenvalue weighted by atomic mass is 9.95. The standard InChI is InChI=1S/C23H31N5O6S/c1-14(19(29)26-15(2)22(32)33-3)25-21(31)18-13-35-23(27-18)28-8-4-16(5-9-28)12-24-20(30)17-6-10-34-11-7-17/h13,16-17H,1-2,4-12H2,3H3,(H,24,30)(H,25,31)(H,26,29). The van der Waals surface area contributed by atoms with E-state index in [0.717, 1.165) is 45.9 Å². The summed E-state index contributed by atoms with van der Waals surface area (Å²) in [5.41, 5.74) is -0.356. The van der Waals surface area contributed by atoms with Crippen molar-refractivity contribution >= 4 is 40.2 Å². The highest BCUT2D eigenvalue weighted by atomic mass is 32.1. The quantitative estimate of drug-likeness (QED) is 0.333. The van der Waals surface area contributed by atoms with Crippen LogP contribution in [0, 0.1) is 11.8 Å². The molecule has 190 valence electrons. The molecule has 0 saturated carbocycles. The van der Waals surface area contributed by atoms with E-state index in [0.29, 0.717) is 30.8 Å². The molecule has 0 bridgehead atoms. The number of thiazole rings is 1. The molecular formula is C23H31N5O6S. The van der Waals surface area contributed by atoms with Crippen LogP contribution in [0.1, 0.15) is 36.2 Å². The monoisotopic (exact) mass is 505 g/mol. The zero-order valence-electron chi connectivity index (χ0n) is 19.8. The van der Waals surface area contributed by atoms with E-state index in [1.54, 1.807) is 5.38 Å². The summed E-state index contributed by atoms with van der Waals surface area (Å²) < 4.78 is 9.77. The molecule has 1 aromatic heterocycles. The highest BCUT2D eigenvalue weighted by molar-refractivity contribution is 7.13. The molecule has 0 unspecified atom stereocenters. The van der Waals surface area contributed by atoms with E-state index in [1.165, 1.54) is 11.3 Å². The van der Waals surface area contributed by atoms with Gasteiger partial charge in [-0.15, -0.1) is 11.3 Å². The van der Waals surface area contributed by atoms with E-state index in [1.807, 2.05) is 0 Å². The molecule has 2 saturated heterocycles. The average molecular weight is 506 g/mol. The molecule has 1 aromatic rings. The molecule has 2 aliphatic rings. The van der Waals surface area contributed by atoms with Crippen molar-refractivity contribution in [1.82, 2.24) is 20.9 Å². The third kappa shape index (κ3) is 7.36. The molecule has 0 aliphatic carbocycles. The molecule has 35 heavy (non-hydrogen) atoms. The van der Waals surface area contributed by atoms with Gasteiger partial charge in [-0.25, -0.2) is 9.78 Å². The molecule has 0 radical (unpaired) electrons. The smallest absolute Gasteiger partial charge is 0.353 e. The zero-order valence-corrected chi connectivity index (χ0v) is 20.6. The minimum atomic E-state index is -0.799. The second-order valence-electron chi connectivity index (χ2n) is 8.43. The normalized spacial score (nSPS) is 16.8. The van der Waals surface area contributed by atoms with Crippen molar-refractivity contribution in [2.24, 2.45) is 11.8 Å². The molecule has 2 fully saturated rings.